The lowest BCUT2D eigenvalue weighted by molar-refractivity contribution is -0.151. The Morgan fingerprint density at radius 3 is 2.26 bits per heavy atom. The van der Waals surface area contributed by atoms with Crippen molar-refractivity contribution in [3.05, 3.63) is 40.2 Å². The molecule has 35 heavy (non-hydrogen) atoms. The van der Waals surface area contributed by atoms with E-state index >= 15 is 0 Å². The highest BCUT2D eigenvalue weighted by Crippen LogP contribution is 2.48. The Morgan fingerprint density at radius 1 is 1.09 bits per heavy atom. The number of benzene rings is 1. The lowest BCUT2D eigenvalue weighted by Gasteiger charge is -2.38. The second-order valence-corrected chi connectivity index (χ2v) is 8.44. The molecule has 1 heterocycles. The molecule has 10 heteroatoms. The number of methoxy groups -OCH3 is 4. The van der Waals surface area contributed by atoms with Gasteiger partial charge in [-0.25, -0.2) is 4.79 Å². The largest absolute Gasteiger partial charge is 0.502 e. The van der Waals surface area contributed by atoms with Gasteiger partial charge in [0.15, 0.2) is 17.3 Å². The Hall–Kier alpha value is -3.53. The van der Waals surface area contributed by atoms with Crippen molar-refractivity contribution in [1.29, 1.82) is 0 Å². The molecule has 0 spiro atoms. The van der Waals surface area contributed by atoms with Gasteiger partial charge in [-0.1, -0.05) is 6.92 Å². The highest BCUT2D eigenvalue weighted by molar-refractivity contribution is 6.12. The first-order valence-electron chi connectivity index (χ1n) is 11.1. The number of hydrogen-bond donors (Lipinski definition) is 2. The van der Waals surface area contributed by atoms with Crippen molar-refractivity contribution in [2.45, 2.75) is 26.2 Å². The van der Waals surface area contributed by atoms with E-state index in [1.807, 2.05) is 0 Å². The van der Waals surface area contributed by atoms with Gasteiger partial charge in [-0.15, -0.1) is 0 Å². The number of nitrogens with one attached hydrogen (secondary N) is 1. The number of aromatic hydroxyl groups is 1. The van der Waals surface area contributed by atoms with Crippen molar-refractivity contribution in [1.82, 2.24) is 5.32 Å². The van der Waals surface area contributed by atoms with E-state index in [1.165, 1.54) is 40.6 Å². The molecule has 0 amide bonds. The smallest absolute Gasteiger partial charge is 0.336 e. The third-order valence-electron chi connectivity index (χ3n) is 6.32. The molecule has 1 aliphatic heterocycles. The van der Waals surface area contributed by atoms with Gasteiger partial charge >= 0.3 is 11.9 Å². The number of hydrogen-bond acceptors (Lipinski definition) is 10. The number of carbonyl (C=O) groups is 3. The average molecular weight is 490 g/mol. The van der Waals surface area contributed by atoms with E-state index < -0.39 is 29.6 Å². The Morgan fingerprint density at radius 2 is 1.71 bits per heavy atom. The second kappa shape index (κ2) is 10.8. The first-order valence-corrected chi connectivity index (χ1v) is 11.1. The summed E-state index contributed by atoms with van der Waals surface area (Å²) in [7, 11) is 5.49. The Balaban J connectivity index is 2.23. The number of esters is 2. The van der Waals surface area contributed by atoms with Crippen LogP contribution in [0.3, 0.4) is 0 Å². The van der Waals surface area contributed by atoms with Crippen LogP contribution in [0, 0.1) is 11.8 Å². The van der Waals surface area contributed by atoms with E-state index in [0.29, 0.717) is 23.4 Å². The molecule has 0 saturated carbocycles. The monoisotopic (exact) mass is 489 g/mol. The number of phenolic OH excluding ortho intramolecular Hbond substituents is 1. The summed E-state index contributed by atoms with van der Waals surface area (Å²) in [5.74, 6) is -3.97. The molecule has 0 saturated heterocycles. The summed E-state index contributed by atoms with van der Waals surface area (Å²) in [5, 5.41) is 13.6. The SMILES string of the molecule is COCCOC(=O)C1=C(C)NC2=C(C(=O)C(C(=O)OC)C(C)C2)C1c1cc(OC)c(O)c(OC)c1. The topological polar surface area (TPSA) is 130 Å². The van der Waals surface area contributed by atoms with Crippen LogP contribution in [0.15, 0.2) is 34.7 Å². The molecule has 0 radical (unpaired) electrons. The van der Waals surface area contributed by atoms with Crippen LogP contribution < -0.4 is 14.8 Å². The van der Waals surface area contributed by atoms with Crippen molar-refractivity contribution >= 4 is 17.7 Å². The van der Waals surface area contributed by atoms with E-state index in [-0.39, 0.29) is 47.5 Å². The van der Waals surface area contributed by atoms with E-state index in [0.717, 1.165) is 0 Å². The Kier molecular flexibility index (Phi) is 8.06. The third-order valence-corrected chi connectivity index (χ3v) is 6.32. The molecule has 1 aliphatic carbocycles. The number of ether oxygens (including phenoxy) is 5. The van der Waals surface area contributed by atoms with E-state index in [9.17, 15) is 19.5 Å². The van der Waals surface area contributed by atoms with Crippen LogP contribution in [-0.4, -0.2) is 64.5 Å². The maximum Gasteiger partial charge on any atom is 0.336 e. The van der Waals surface area contributed by atoms with Gasteiger partial charge in [-0.05, 0) is 37.0 Å². The lowest BCUT2D eigenvalue weighted by atomic mass is 9.69. The summed E-state index contributed by atoms with van der Waals surface area (Å²) in [6.07, 6.45) is 0.396. The molecule has 3 rings (SSSR count). The lowest BCUT2D eigenvalue weighted by Crippen LogP contribution is -2.43. The number of dihydropyridines is 1. The molecule has 1 aromatic carbocycles. The van der Waals surface area contributed by atoms with Crippen molar-refractivity contribution < 1.29 is 43.2 Å². The van der Waals surface area contributed by atoms with Gasteiger partial charge in [0.2, 0.25) is 5.75 Å². The van der Waals surface area contributed by atoms with Crippen molar-refractivity contribution in [2.24, 2.45) is 11.8 Å². The fourth-order valence-electron chi connectivity index (χ4n) is 4.66. The predicted octanol–water partition coefficient (Wildman–Crippen LogP) is 2.21. The maximum absolute atomic E-state index is 13.8. The van der Waals surface area contributed by atoms with E-state index in [1.54, 1.807) is 13.8 Å². The number of carbonyl (C=O) groups excluding carboxylic acids is 3. The fourth-order valence-corrected chi connectivity index (χ4v) is 4.66. The molecule has 2 N–H and O–H groups in total. The quantitative estimate of drug-likeness (QED) is 0.318. The van der Waals surface area contributed by atoms with E-state index in [4.69, 9.17) is 23.7 Å². The summed E-state index contributed by atoms with van der Waals surface area (Å²) in [6, 6.07) is 3.07. The summed E-state index contributed by atoms with van der Waals surface area (Å²) in [6.45, 7) is 3.74. The molecular weight excluding hydrogens is 458 g/mol. The molecule has 10 nitrogen and oxygen atoms in total. The molecule has 3 atom stereocenters. The molecule has 2 aliphatic rings. The zero-order valence-corrected chi connectivity index (χ0v) is 20.7. The van der Waals surface area contributed by atoms with Crippen LogP contribution >= 0.6 is 0 Å². The van der Waals surface area contributed by atoms with Crippen molar-refractivity contribution in [2.75, 3.05) is 41.7 Å². The molecule has 3 unspecified atom stereocenters. The molecule has 1 aromatic rings. The number of ketones is 1. The number of allylic oxidation sites excluding steroid dienone is 3. The van der Waals surface area contributed by atoms with Crippen LogP contribution in [0.25, 0.3) is 0 Å². The first-order chi connectivity index (χ1) is 16.7. The van der Waals surface area contributed by atoms with Crippen LogP contribution in [-0.2, 0) is 28.6 Å². The van der Waals surface area contributed by atoms with Gasteiger partial charge in [-0.2, -0.15) is 0 Å². The van der Waals surface area contributed by atoms with Gasteiger partial charge in [0.25, 0.3) is 0 Å². The van der Waals surface area contributed by atoms with Gasteiger partial charge in [-0.3, -0.25) is 9.59 Å². The number of rotatable bonds is 8. The minimum absolute atomic E-state index is 0.0166. The molecule has 190 valence electrons. The standard InChI is InChI=1S/C25H31NO9/c1-12-9-15-21(23(28)18(12)24(29)34-6)20(14-10-16(32-4)22(27)17(11-14)33-5)19(13(2)26-15)25(30)35-8-7-31-3/h10-12,18,20,26-27H,7-9H2,1-6H3. The zero-order chi connectivity index (χ0) is 25.9. The number of Topliss-reactive ketones (excluding diaryl/α,β-unsaturated/α-hetero) is 1. The van der Waals surface area contributed by atoms with Gasteiger partial charge < -0.3 is 34.1 Å². The highest BCUT2D eigenvalue weighted by atomic mass is 16.6. The Bertz CT molecular complexity index is 1060. The number of phenols is 1. The second-order valence-electron chi connectivity index (χ2n) is 8.44. The molecule has 0 bridgehead atoms. The molecular formula is C25H31NO9. The van der Waals surface area contributed by atoms with Gasteiger partial charge in [0.05, 0.1) is 33.5 Å². The van der Waals surface area contributed by atoms with Crippen LogP contribution in [0.2, 0.25) is 0 Å². The zero-order valence-electron chi connectivity index (χ0n) is 20.7. The molecule has 0 aromatic heterocycles. The van der Waals surface area contributed by atoms with Crippen molar-refractivity contribution in [3.63, 3.8) is 0 Å². The predicted molar refractivity (Wildman–Crippen MR) is 124 cm³/mol. The van der Waals surface area contributed by atoms with Gasteiger partial charge in [0, 0.05) is 30.0 Å². The first kappa shape index (κ1) is 26.1. The average Bonchev–Trinajstić information content (AvgIpc) is 2.83. The van der Waals surface area contributed by atoms with Crippen LogP contribution in [0.1, 0.15) is 31.7 Å². The maximum atomic E-state index is 13.8. The van der Waals surface area contributed by atoms with Crippen LogP contribution in [0.4, 0.5) is 0 Å². The minimum atomic E-state index is -1.02. The summed E-state index contributed by atoms with van der Waals surface area (Å²) >= 11 is 0. The summed E-state index contributed by atoms with van der Waals surface area (Å²) < 4.78 is 25.9. The summed E-state index contributed by atoms with van der Waals surface area (Å²) in [4.78, 5) is 39.5. The minimum Gasteiger partial charge on any atom is -0.502 e. The van der Waals surface area contributed by atoms with Crippen LogP contribution in [0.5, 0.6) is 17.2 Å². The summed E-state index contributed by atoms with van der Waals surface area (Å²) in [5.41, 5.74) is 2.04. The van der Waals surface area contributed by atoms with E-state index in [2.05, 4.69) is 5.32 Å². The molecule has 0 fully saturated rings. The highest BCUT2D eigenvalue weighted by Gasteiger charge is 2.47. The normalized spacial score (nSPS) is 21.8. The van der Waals surface area contributed by atoms with Gasteiger partial charge in [0.1, 0.15) is 12.5 Å². The van der Waals surface area contributed by atoms with Crippen molar-refractivity contribution in [3.8, 4) is 17.2 Å². The third kappa shape index (κ3) is 4.84. The Labute approximate surface area is 203 Å². The fraction of sp³-hybridized carbons (Fsp3) is 0.480.